The molecule has 0 aromatic carbocycles. The van der Waals surface area contributed by atoms with Gasteiger partial charge in [0.05, 0.1) is 5.92 Å². The van der Waals surface area contributed by atoms with E-state index in [-0.39, 0.29) is 56.0 Å². The summed E-state index contributed by atoms with van der Waals surface area (Å²) in [4.78, 5) is 20.2. The minimum Gasteiger partial charge on any atom is -0.667 e. The Morgan fingerprint density at radius 1 is 1.41 bits per heavy atom. The minimum atomic E-state index is -0.931. The zero-order valence-electron chi connectivity index (χ0n) is 10.2. The Morgan fingerprint density at radius 3 is 2.06 bits per heavy atom. The van der Waals surface area contributed by atoms with E-state index in [4.69, 9.17) is 20.7 Å². The van der Waals surface area contributed by atoms with Crippen LogP contribution in [0.2, 0.25) is 0 Å². The van der Waals surface area contributed by atoms with E-state index in [9.17, 15) is 9.59 Å². The predicted molar refractivity (Wildman–Crippen MR) is 59.2 cm³/mol. The molecule has 0 amide bonds. The smallest absolute Gasteiger partial charge is 0.306 e. The predicted octanol–water partition coefficient (Wildman–Crippen LogP) is 0.732. The van der Waals surface area contributed by atoms with Crippen molar-refractivity contribution >= 4 is 11.8 Å². The number of aliphatic carboxylic acids is 1. The summed E-state index contributed by atoms with van der Waals surface area (Å²) in [6.07, 6.45) is 0.589. The van der Waals surface area contributed by atoms with Gasteiger partial charge in [0.2, 0.25) is 0 Å². The summed E-state index contributed by atoms with van der Waals surface area (Å²) < 4.78 is 4.70. The summed E-state index contributed by atoms with van der Waals surface area (Å²) >= 11 is 0. The second kappa shape index (κ2) is 14.3. The number of Topliss-reactive ketones (excluding diaryl/α,β-unsaturated/α-hetero) is 1. The molecule has 6 nitrogen and oxygen atoms in total. The number of rotatable bonds is 6. The van der Waals surface area contributed by atoms with Gasteiger partial charge in [-0.05, 0) is 13.3 Å². The minimum absolute atomic E-state index is 0. The first-order valence-corrected chi connectivity index (χ1v) is 4.90. The van der Waals surface area contributed by atoms with Gasteiger partial charge < -0.3 is 25.5 Å². The fourth-order valence-electron chi connectivity index (χ4n) is 0.547. The van der Waals surface area contributed by atoms with Gasteiger partial charge in [-0.25, -0.2) is 0 Å². The molecule has 0 rings (SSSR count). The van der Waals surface area contributed by atoms with Gasteiger partial charge in [0.1, 0.15) is 5.78 Å². The van der Waals surface area contributed by atoms with Gasteiger partial charge in [-0.2, -0.15) is 0 Å². The number of carboxylic acid groups (broad SMARTS) is 1. The van der Waals surface area contributed by atoms with Gasteiger partial charge >= 0.3 is 5.97 Å². The SMILES string of the molecule is CC(=O)[C@@H]([NH-])CO.COCC[C@H](C)C(=O)O.[Ho]. The molecule has 0 heterocycles. The molecule has 0 saturated carbocycles. The maximum Gasteiger partial charge on any atom is 0.306 e. The average Bonchev–Trinajstić information content (AvgIpc) is 2.25. The summed E-state index contributed by atoms with van der Waals surface area (Å²) in [6.45, 7) is 3.11. The number of carbonyl (C=O) groups is 2. The number of carboxylic acids is 1. The molecule has 0 unspecified atom stereocenters. The molecule has 1 radical (unpaired) electrons. The van der Waals surface area contributed by atoms with Crippen molar-refractivity contribution in [1.82, 2.24) is 0 Å². The first-order valence-electron chi connectivity index (χ1n) is 4.90. The van der Waals surface area contributed by atoms with E-state index in [1.807, 2.05) is 0 Å². The number of aliphatic hydroxyl groups is 1. The molecule has 17 heavy (non-hydrogen) atoms. The van der Waals surface area contributed by atoms with Gasteiger partial charge in [-0.1, -0.05) is 13.0 Å². The van der Waals surface area contributed by atoms with E-state index in [0.717, 1.165) is 0 Å². The number of ether oxygens (including phenoxy) is 1. The number of ketones is 1. The molecule has 0 aliphatic rings. The first kappa shape index (κ1) is 22.5. The quantitative estimate of drug-likeness (QED) is 0.641. The summed E-state index contributed by atoms with van der Waals surface area (Å²) in [5, 5.41) is 16.4. The molecule has 7 heteroatoms. The van der Waals surface area contributed by atoms with E-state index in [1.165, 1.54) is 6.92 Å². The second-order valence-electron chi connectivity index (χ2n) is 3.37. The fraction of sp³-hybridized carbons (Fsp3) is 0.800. The van der Waals surface area contributed by atoms with Crippen molar-refractivity contribution in [2.45, 2.75) is 26.3 Å². The summed E-state index contributed by atoms with van der Waals surface area (Å²) in [5.41, 5.74) is 6.68. The number of nitrogens with one attached hydrogen (secondary N) is 1. The first-order chi connectivity index (χ1) is 7.36. The van der Waals surface area contributed by atoms with Crippen LogP contribution in [-0.2, 0) is 14.3 Å². The van der Waals surface area contributed by atoms with Crippen LogP contribution in [0.15, 0.2) is 0 Å². The van der Waals surface area contributed by atoms with Gasteiger partial charge in [-0.15, -0.1) is 0 Å². The molecule has 2 atom stereocenters. The molecule has 107 valence electrons. The number of carbonyl (C=O) groups excluding carboxylic acids is 1. The van der Waals surface area contributed by atoms with Gasteiger partial charge in [0.15, 0.2) is 0 Å². The van der Waals surface area contributed by atoms with Crippen molar-refractivity contribution in [2.24, 2.45) is 5.92 Å². The second-order valence-corrected chi connectivity index (χ2v) is 3.37. The number of hydrogen-bond donors (Lipinski definition) is 2. The number of hydrogen-bond acceptors (Lipinski definition) is 4. The Morgan fingerprint density at radius 2 is 1.88 bits per heavy atom. The van der Waals surface area contributed by atoms with Crippen molar-refractivity contribution in [3.8, 4) is 0 Å². The molecule has 0 spiro atoms. The molecule has 0 fully saturated rings. The van der Waals surface area contributed by atoms with Crippen LogP contribution in [0.1, 0.15) is 20.3 Å². The molecule has 0 bridgehead atoms. The van der Waals surface area contributed by atoms with Crippen LogP contribution in [0.3, 0.4) is 0 Å². The van der Waals surface area contributed by atoms with E-state index in [1.54, 1.807) is 14.0 Å². The maximum absolute atomic E-state index is 10.1. The molecule has 0 saturated heterocycles. The summed E-state index contributed by atoms with van der Waals surface area (Å²) in [6, 6.07) is -0.931. The summed E-state index contributed by atoms with van der Waals surface area (Å²) in [7, 11) is 1.56. The summed E-state index contributed by atoms with van der Waals surface area (Å²) in [5.74, 6) is -1.33. The molecular formula is C10H20HoNO5-. The molecule has 0 aliphatic carbocycles. The van der Waals surface area contributed by atoms with Gasteiger partial charge in [-0.3, -0.25) is 4.79 Å². The topological polar surface area (TPSA) is 108 Å². The Hall–Kier alpha value is 0.280. The molecule has 0 aliphatic heterocycles. The van der Waals surface area contributed by atoms with Crippen molar-refractivity contribution in [3.05, 3.63) is 5.73 Å². The van der Waals surface area contributed by atoms with Crippen LogP contribution in [-0.4, -0.2) is 48.3 Å². The Balaban J connectivity index is -0.000000224. The number of methoxy groups -OCH3 is 1. The van der Waals surface area contributed by atoms with E-state index in [2.05, 4.69) is 0 Å². The van der Waals surface area contributed by atoms with Crippen molar-refractivity contribution < 1.29 is 62.3 Å². The van der Waals surface area contributed by atoms with Crippen molar-refractivity contribution in [1.29, 1.82) is 0 Å². The van der Waals surface area contributed by atoms with E-state index in [0.29, 0.717) is 13.0 Å². The fourth-order valence-corrected chi connectivity index (χ4v) is 0.547. The Labute approximate surface area is 132 Å². The Kier molecular flexibility index (Phi) is 18.9. The maximum atomic E-state index is 10.1. The third kappa shape index (κ3) is 16.3. The molecule has 0 aromatic rings. The van der Waals surface area contributed by atoms with E-state index >= 15 is 0 Å². The largest absolute Gasteiger partial charge is 0.667 e. The van der Waals surface area contributed by atoms with Gasteiger partial charge in [0.25, 0.3) is 0 Å². The van der Waals surface area contributed by atoms with Crippen LogP contribution >= 0.6 is 0 Å². The monoisotopic (exact) mass is 399 g/mol. The molecule has 3 N–H and O–H groups in total. The number of aliphatic hydroxyl groups excluding tert-OH is 1. The van der Waals surface area contributed by atoms with Crippen LogP contribution in [0.4, 0.5) is 0 Å². The molecule has 0 aromatic heterocycles. The van der Waals surface area contributed by atoms with Crippen molar-refractivity contribution in [2.75, 3.05) is 20.3 Å². The van der Waals surface area contributed by atoms with E-state index < -0.39 is 12.0 Å². The Bertz CT molecular complexity index is 213. The van der Waals surface area contributed by atoms with Crippen LogP contribution in [0.25, 0.3) is 5.73 Å². The van der Waals surface area contributed by atoms with Crippen LogP contribution in [0.5, 0.6) is 0 Å². The van der Waals surface area contributed by atoms with Crippen molar-refractivity contribution in [3.63, 3.8) is 0 Å². The average molecular weight is 399 g/mol. The standard InChI is InChI=1S/C6H12O3.C4H8NO2.Ho/c1-5(6(7)8)3-4-9-2;1-3(7)4(5)2-6;/h5H,3-4H2,1-2H3,(H,7,8);4-6H,2H2,1H3;/q;-1;/t5-;4-;/m00./s1. The zero-order valence-corrected chi connectivity index (χ0v) is 12.1. The van der Waals surface area contributed by atoms with Crippen LogP contribution < -0.4 is 0 Å². The van der Waals surface area contributed by atoms with Crippen LogP contribution in [0, 0.1) is 43.7 Å². The normalized spacial score (nSPS) is 12.5. The van der Waals surface area contributed by atoms with Gasteiger partial charge in [0, 0.05) is 58.1 Å². The molecular weight excluding hydrogens is 379 g/mol. The third-order valence-electron chi connectivity index (χ3n) is 1.85. The third-order valence-corrected chi connectivity index (χ3v) is 1.85. The zero-order chi connectivity index (χ0) is 13.1.